The van der Waals surface area contributed by atoms with Crippen molar-refractivity contribution in [2.24, 2.45) is 11.8 Å². The third-order valence-electron chi connectivity index (χ3n) is 14.3. The maximum atomic E-state index is 14.0. The van der Waals surface area contributed by atoms with Gasteiger partial charge in [0.05, 0.1) is 32.0 Å². The number of para-hydroxylation sites is 2. The highest BCUT2D eigenvalue weighted by Gasteiger charge is 2.38. The monoisotopic (exact) mass is 1060 g/mol. The highest BCUT2D eigenvalue weighted by molar-refractivity contribution is 6.04. The Morgan fingerprint density at radius 3 is 1.32 bits per heavy atom. The lowest BCUT2D eigenvalue weighted by Crippen LogP contribution is -2.52. The zero-order chi connectivity index (χ0) is 55.5. The molecule has 0 fully saturated rings. The molecule has 410 valence electrons. The normalized spacial score (nSPS) is 14.4. The highest BCUT2D eigenvalue weighted by atomic mass is 16.5. The summed E-state index contributed by atoms with van der Waals surface area (Å²) in [6.07, 6.45) is 9.37. The summed E-state index contributed by atoms with van der Waals surface area (Å²) < 4.78 is 4.97. The van der Waals surface area contributed by atoms with E-state index in [-0.39, 0.29) is 55.7 Å². The van der Waals surface area contributed by atoms with E-state index in [0.29, 0.717) is 49.7 Å². The van der Waals surface area contributed by atoms with Crippen LogP contribution >= 0.6 is 0 Å². The number of carbonyl (C=O) groups excluding carboxylic acids is 5. The van der Waals surface area contributed by atoms with Gasteiger partial charge in [-0.2, -0.15) is 0 Å². The first kappa shape index (κ1) is 59.2. The molecule has 2 aromatic heterocycles. The SMILES string of the molecule is C.COC(=O)C[C@H](NC(=O)C(CC(C)C)N1C(=O)CCc2ccccc21)c1cncc(-c2c(C)cccc2C)c1.Cc1cccc(C)c1-c1cncc([C@H](CC(=O)O)NC(=O)C(CC(C)C)N2C(=O)CCc3ccccc32)c1. The fourth-order valence-electron chi connectivity index (χ4n) is 10.7. The number of rotatable bonds is 18. The summed E-state index contributed by atoms with van der Waals surface area (Å²) >= 11 is 0. The number of carbonyl (C=O) groups is 6. The molecule has 4 heterocycles. The van der Waals surface area contributed by atoms with Gasteiger partial charge in [0.1, 0.15) is 12.1 Å². The molecule has 4 aromatic carbocycles. The number of ether oxygens (including phenoxy) is 1. The second-order valence-corrected chi connectivity index (χ2v) is 21.1. The molecule has 8 rings (SSSR count). The first-order valence-electron chi connectivity index (χ1n) is 26.6. The number of benzene rings is 4. The molecular weight excluding hydrogens is 981 g/mol. The third-order valence-corrected chi connectivity index (χ3v) is 14.3. The highest BCUT2D eigenvalue weighted by Crippen LogP contribution is 2.35. The van der Waals surface area contributed by atoms with Gasteiger partial charge in [-0.15, -0.1) is 0 Å². The van der Waals surface area contributed by atoms with Crippen LogP contribution in [-0.2, 0) is 46.3 Å². The van der Waals surface area contributed by atoms with E-state index in [9.17, 15) is 33.9 Å². The van der Waals surface area contributed by atoms with Gasteiger partial charge in [0.2, 0.25) is 23.6 Å². The zero-order valence-corrected chi connectivity index (χ0v) is 45.8. The molecule has 2 unspecified atom stereocenters. The predicted octanol–water partition coefficient (Wildman–Crippen LogP) is 11.5. The van der Waals surface area contributed by atoms with Crippen LogP contribution in [0, 0.1) is 39.5 Å². The summed E-state index contributed by atoms with van der Waals surface area (Å²) in [6.45, 7) is 16.2. The number of hydrogen-bond donors (Lipinski definition) is 3. The van der Waals surface area contributed by atoms with Crippen molar-refractivity contribution in [1.82, 2.24) is 20.6 Å². The van der Waals surface area contributed by atoms with Crippen molar-refractivity contribution < 1.29 is 38.6 Å². The standard InChI is InChI=1S/C32H37N3O4.C31H35N3O4.CH4/c1-20(2)15-28(35-27-12-7-6-11-23(27)13-14-29(35)36)32(38)34-26(17-30(37)39-5)24-16-25(19-33-18-24)31-21(3)9-8-10-22(31)4;1-19(2)14-27(34-26-11-6-5-10-22(26)12-13-28(34)35)31(38)33-25(16-29(36)37)23-15-24(18-32-17-23)30-20(3)8-7-9-21(30)4;/h6-12,16,18-20,26,28H,13-15,17H2,1-5H3,(H,34,38);5-11,15,17-19,25,27H,12-14,16H2,1-4H3,(H,33,38)(H,36,37);1H4/t26-,28?;25-,27?;/m00./s1. The summed E-state index contributed by atoms with van der Waals surface area (Å²) in [5, 5.41) is 15.8. The van der Waals surface area contributed by atoms with Gasteiger partial charge in [0.25, 0.3) is 0 Å². The lowest BCUT2D eigenvalue weighted by Gasteiger charge is -2.37. The van der Waals surface area contributed by atoms with E-state index in [1.165, 1.54) is 7.11 Å². The molecule has 0 aliphatic carbocycles. The molecule has 2 aliphatic rings. The van der Waals surface area contributed by atoms with Crippen molar-refractivity contribution in [2.75, 3.05) is 16.9 Å². The molecule has 14 heteroatoms. The minimum absolute atomic E-state index is 0. The van der Waals surface area contributed by atoms with Gasteiger partial charge in [-0.05, 0) is 145 Å². The molecule has 78 heavy (non-hydrogen) atoms. The molecular formula is C64H76N6O8. The lowest BCUT2D eigenvalue weighted by atomic mass is 9.93. The van der Waals surface area contributed by atoms with Gasteiger partial charge in [-0.1, -0.05) is 108 Å². The Morgan fingerprint density at radius 2 is 0.949 bits per heavy atom. The Labute approximate surface area is 460 Å². The van der Waals surface area contributed by atoms with Crippen LogP contribution in [-0.4, -0.2) is 69.8 Å². The fourth-order valence-corrected chi connectivity index (χ4v) is 10.7. The molecule has 14 nitrogen and oxygen atoms in total. The number of nitrogens with zero attached hydrogens (tertiary/aromatic N) is 4. The van der Waals surface area contributed by atoms with E-state index in [1.807, 2.05) is 152 Å². The number of hydrogen-bond acceptors (Lipinski definition) is 9. The van der Waals surface area contributed by atoms with E-state index in [2.05, 4.69) is 20.6 Å². The fraction of sp³-hybridized carbons (Fsp3) is 0.375. The van der Waals surface area contributed by atoms with E-state index in [1.54, 1.807) is 34.6 Å². The molecule has 0 radical (unpaired) electrons. The first-order valence-corrected chi connectivity index (χ1v) is 26.6. The van der Waals surface area contributed by atoms with Crippen LogP contribution in [0.5, 0.6) is 0 Å². The zero-order valence-electron chi connectivity index (χ0n) is 45.8. The van der Waals surface area contributed by atoms with Gasteiger partial charge in [0, 0.05) is 60.1 Å². The number of aryl methyl sites for hydroxylation is 6. The average molecular weight is 1060 g/mol. The minimum atomic E-state index is -1.03. The largest absolute Gasteiger partial charge is 0.481 e. The quantitative estimate of drug-likeness (QED) is 0.0699. The van der Waals surface area contributed by atoms with Crippen LogP contribution in [0.2, 0.25) is 0 Å². The molecule has 3 N–H and O–H groups in total. The summed E-state index contributed by atoms with van der Waals surface area (Å²) in [5.41, 5.74) is 13.2. The Bertz CT molecular complexity index is 3090. The van der Waals surface area contributed by atoms with Crippen LogP contribution in [0.4, 0.5) is 11.4 Å². The van der Waals surface area contributed by atoms with E-state index in [4.69, 9.17) is 4.74 Å². The minimum Gasteiger partial charge on any atom is -0.481 e. The van der Waals surface area contributed by atoms with Crippen LogP contribution < -0.4 is 20.4 Å². The van der Waals surface area contributed by atoms with E-state index < -0.39 is 36.1 Å². The first-order chi connectivity index (χ1) is 36.8. The maximum Gasteiger partial charge on any atom is 0.307 e. The van der Waals surface area contributed by atoms with Crippen molar-refractivity contribution in [1.29, 1.82) is 0 Å². The lowest BCUT2D eigenvalue weighted by molar-refractivity contribution is -0.142. The molecule has 0 saturated carbocycles. The van der Waals surface area contributed by atoms with E-state index >= 15 is 0 Å². The number of carboxylic acid groups (broad SMARTS) is 1. The van der Waals surface area contributed by atoms with Crippen molar-refractivity contribution >= 4 is 46.9 Å². The Morgan fingerprint density at radius 1 is 0.564 bits per heavy atom. The second kappa shape index (κ2) is 26.9. The van der Waals surface area contributed by atoms with Crippen molar-refractivity contribution in [3.05, 3.63) is 166 Å². The number of fused-ring (bicyclic) bond motifs is 2. The van der Waals surface area contributed by atoms with Crippen molar-refractivity contribution in [2.45, 2.75) is 138 Å². The number of nitrogens with one attached hydrogen (secondary N) is 2. The predicted molar refractivity (Wildman–Crippen MR) is 307 cm³/mol. The number of esters is 1. The van der Waals surface area contributed by atoms with Gasteiger partial charge in [-0.25, -0.2) is 0 Å². The average Bonchev–Trinajstić information content (AvgIpc) is 3.43. The van der Waals surface area contributed by atoms with Crippen LogP contribution in [0.1, 0.15) is 130 Å². The number of pyridine rings is 2. The summed E-state index contributed by atoms with van der Waals surface area (Å²) in [5.74, 6) is -2.02. The number of aromatic nitrogens is 2. The van der Waals surface area contributed by atoms with Crippen molar-refractivity contribution in [3.63, 3.8) is 0 Å². The molecule has 4 amide bonds. The van der Waals surface area contributed by atoms with Crippen LogP contribution in [0.3, 0.4) is 0 Å². The maximum absolute atomic E-state index is 14.0. The molecule has 0 bridgehead atoms. The second-order valence-electron chi connectivity index (χ2n) is 21.1. The number of methoxy groups -OCH3 is 1. The number of amides is 4. The Balaban J connectivity index is 0.000000249. The van der Waals surface area contributed by atoms with Gasteiger partial charge in [-0.3, -0.25) is 48.5 Å². The number of aliphatic carboxylic acids is 1. The van der Waals surface area contributed by atoms with Crippen LogP contribution in [0.25, 0.3) is 22.3 Å². The Kier molecular flexibility index (Phi) is 20.4. The molecule has 6 aromatic rings. The summed E-state index contributed by atoms with van der Waals surface area (Å²) in [4.78, 5) is 90.5. The molecule has 2 aliphatic heterocycles. The Hall–Kier alpha value is -8.00. The van der Waals surface area contributed by atoms with Gasteiger partial charge < -0.3 is 20.5 Å². The van der Waals surface area contributed by atoms with E-state index in [0.717, 1.165) is 67.0 Å². The number of carboxylic acids is 1. The molecule has 0 saturated heterocycles. The summed E-state index contributed by atoms with van der Waals surface area (Å²) in [7, 11) is 1.33. The molecule has 4 atom stereocenters. The van der Waals surface area contributed by atoms with Gasteiger partial charge >= 0.3 is 11.9 Å². The molecule has 0 spiro atoms. The summed E-state index contributed by atoms with van der Waals surface area (Å²) in [6, 6.07) is 28.5. The topological polar surface area (TPSA) is 188 Å². The third kappa shape index (κ3) is 14.3. The number of anilines is 2. The smallest absolute Gasteiger partial charge is 0.307 e. The van der Waals surface area contributed by atoms with Gasteiger partial charge in [0.15, 0.2) is 0 Å². The van der Waals surface area contributed by atoms with Crippen LogP contribution in [0.15, 0.2) is 122 Å². The van der Waals surface area contributed by atoms with Crippen molar-refractivity contribution in [3.8, 4) is 22.3 Å².